The van der Waals surface area contributed by atoms with Crippen LogP contribution in [-0.2, 0) is 4.79 Å². The van der Waals surface area contributed by atoms with Gasteiger partial charge in [0.1, 0.15) is 0 Å². The van der Waals surface area contributed by atoms with E-state index in [4.69, 9.17) is 23.2 Å². The zero-order chi connectivity index (χ0) is 13.5. The lowest BCUT2D eigenvalue weighted by atomic mass is 10.1. The maximum atomic E-state index is 11.7. The fraction of sp³-hybridized carbons (Fsp3) is 0.462. The molecule has 0 unspecified atom stereocenters. The Kier molecular flexibility index (Phi) is 6.47. The van der Waals surface area contributed by atoms with E-state index < -0.39 is 0 Å². The van der Waals surface area contributed by atoms with Crippen molar-refractivity contribution in [2.45, 2.75) is 20.3 Å². The van der Waals surface area contributed by atoms with E-state index in [2.05, 4.69) is 24.5 Å². The Bertz CT molecular complexity index is 388. The summed E-state index contributed by atoms with van der Waals surface area (Å²) in [5.41, 5.74) is 0.469. The molecule has 0 aliphatic heterocycles. The molecule has 0 atom stereocenters. The number of para-hydroxylation sites is 1. The molecule has 18 heavy (non-hydrogen) atoms. The number of anilines is 1. The summed E-state index contributed by atoms with van der Waals surface area (Å²) < 4.78 is 0. The Labute approximate surface area is 118 Å². The summed E-state index contributed by atoms with van der Waals surface area (Å²) in [7, 11) is 0. The van der Waals surface area contributed by atoms with Crippen molar-refractivity contribution in [3.63, 3.8) is 0 Å². The Balaban J connectivity index is 2.40. The summed E-state index contributed by atoms with van der Waals surface area (Å²) in [6.45, 7) is 5.37. The second kappa shape index (κ2) is 7.62. The maximum absolute atomic E-state index is 11.7. The van der Waals surface area contributed by atoms with Crippen LogP contribution in [0, 0.1) is 5.92 Å². The second-order valence-corrected chi connectivity index (χ2v) is 5.32. The molecule has 0 fully saturated rings. The quantitative estimate of drug-likeness (QED) is 0.786. The summed E-state index contributed by atoms with van der Waals surface area (Å²) in [4.78, 5) is 11.7. The molecule has 2 N–H and O–H groups in total. The molecular weight excluding hydrogens is 271 g/mol. The van der Waals surface area contributed by atoms with Crippen molar-refractivity contribution < 1.29 is 4.79 Å². The number of rotatable bonds is 6. The van der Waals surface area contributed by atoms with Gasteiger partial charge in [-0.15, -0.1) is 0 Å². The van der Waals surface area contributed by atoms with Crippen LogP contribution in [0.2, 0.25) is 10.0 Å². The third-order valence-electron chi connectivity index (χ3n) is 2.41. The Morgan fingerprint density at radius 3 is 2.44 bits per heavy atom. The van der Waals surface area contributed by atoms with Crippen molar-refractivity contribution in [3.8, 4) is 0 Å². The number of carbonyl (C=O) groups is 1. The molecule has 0 saturated carbocycles. The van der Waals surface area contributed by atoms with E-state index in [1.54, 1.807) is 18.2 Å². The first-order valence-electron chi connectivity index (χ1n) is 5.95. The molecule has 3 nitrogen and oxygen atoms in total. The molecule has 0 aliphatic carbocycles. The van der Waals surface area contributed by atoms with E-state index in [0.717, 1.165) is 13.0 Å². The van der Waals surface area contributed by atoms with Crippen LogP contribution in [0.5, 0.6) is 0 Å². The van der Waals surface area contributed by atoms with E-state index in [1.165, 1.54) is 0 Å². The Morgan fingerprint density at radius 2 is 1.89 bits per heavy atom. The fourth-order valence-electron chi connectivity index (χ4n) is 1.39. The van der Waals surface area contributed by atoms with Crippen LogP contribution in [-0.4, -0.2) is 19.0 Å². The van der Waals surface area contributed by atoms with Crippen LogP contribution in [0.25, 0.3) is 0 Å². The Morgan fingerprint density at radius 1 is 1.28 bits per heavy atom. The van der Waals surface area contributed by atoms with Gasteiger partial charge in [-0.2, -0.15) is 0 Å². The normalized spacial score (nSPS) is 10.7. The van der Waals surface area contributed by atoms with Crippen molar-refractivity contribution >= 4 is 34.8 Å². The summed E-state index contributed by atoms with van der Waals surface area (Å²) in [5, 5.41) is 6.66. The molecule has 5 heteroatoms. The van der Waals surface area contributed by atoms with Crippen molar-refractivity contribution in [3.05, 3.63) is 28.2 Å². The highest BCUT2D eigenvalue weighted by Gasteiger charge is 2.08. The predicted molar refractivity (Wildman–Crippen MR) is 77.4 cm³/mol. The first kappa shape index (κ1) is 15.3. The number of benzene rings is 1. The summed E-state index contributed by atoms with van der Waals surface area (Å²) in [6, 6.07) is 5.12. The van der Waals surface area contributed by atoms with Gasteiger partial charge in [-0.25, -0.2) is 0 Å². The topological polar surface area (TPSA) is 41.1 Å². The minimum atomic E-state index is -0.145. The molecule has 1 aromatic rings. The van der Waals surface area contributed by atoms with Crippen LogP contribution in [0.3, 0.4) is 0 Å². The highest BCUT2D eigenvalue weighted by molar-refractivity contribution is 6.39. The van der Waals surface area contributed by atoms with E-state index in [0.29, 0.717) is 21.7 Å². The maximum Gasteiger partial charge on any atom is 0.238 e. The van der Waals surface area contributed by atoms with E-state index >= 15 is 0 Å². The van der Waals surface area contributed by atoms with Gasteiger partial charge in [0.25, 0.3) is 0 Å². The number of nitrogens with one attached hydrogen (secondary N) is 2. The van der Waals surface area contributed by atoms with Gasteiger partial charge in [-0.3, -0.25) is 4.79 Å². The zero-order valence-electron chi connectivity index (χ0n) is 10.6. The van der Waals surface area contributed by atoms with Crippen LogP contribution in [0.1, 0.15) is 20.3 Å². The first-order chi connectivity index (χ1) is 8.50. The molecule has 0 heterocycles. The lowest BCUT2D eigenvalue weighted by Crippen LogP contribution is -2.29. The molecule has 1 amide bonds. The lowest BCUT2D eigenvalue weighted by Gasteiger charge is -2.10. The van der Waals surface area contributed by atoms with Crippen LogP contribution in [0.15, 0.2) is 18.2 Å². The van der Waals surface area contributed by atoms with Crippen molar-refractivity contribution in [2.75, 3.05) is 18.4 Å². The molecule has 0 aromatic heterocycles. The first-order valence-corrected chi connectivity index (χ1v) is 6.71. The second-order valence-electron chi connectivity index (χ2n) is 4.50. The number of hydrogen-bond acceptors (Lipinski definition) is 2. The molecule has 0 radical (unpaired) electrons. The third-order valence-corrected chi connectivity index (χ3v) is 3.04. The number of amides is 1. The average molecular weight is 289 g/mol. The Hall–Kier alpha value is -0.770. The molecule has 1 rings (SSSR count). The van der Waals surface area contributed by atoms with Crippen LogP contribution >= 0.6 is 23.2 Å². The van der Waals surface area contributed by atoms with Gasteiger partial charge in [0.05, 0.1) is 22.3 Å². The number of carbonyl (C=O) groups excluding carboxylic acids is 1. The molecule has 0 bridgehead atoms. The monoisotopic (exact) mass is 288 g/mol. The highest BCUT2D eigenvalue weighted by atomic mass is 35.5. The smallest absolute Gasteiger partial charge is 0.238 e. The SMILES string of the molecule is CC(C)CCNCC(=O)Nc1c(Cl)cccc1Cl. The third kappa shape index (κ3) is 5.25. The zero-order valence-corrected chi connectivity index (χ0v) is 12.1. The van der Waals surface area contributed by atoms with Gasteiger partial charge in [-0.1, -0.05) is 43.1 Å². The highest BCUT2D eigenvalue weighted by Crippen LogP contribution is 2.29. The van der Waals surface area contributed by atoms with Gasteiger partial charge < -0.3 is 10.6 Å². The van der Waals surface area contributed by atoms with Crippen molar-refractivity contribution in [1.82, 2.24) is 5.32 Å². The average Bonchev–Trinajstić information content (AvgIpc) is 2.29. The van der Waals surface area contributed by atoms with Gasteiger partial charge >= 0.3 is 0 Å². The standard InChI is InChI=1S/C13H18Cl2N2O/c1-9(2)6-7-16-8-12(18)17-13-10(14)4-3-5-11(13)15/h3-5,9,16H,6-8H2,1-2H3,(H,17,18). The van der Waals surface area contributed by atoms with Gasteiger partial charge in [0, 0.05) is 0 Å². The van der Waals surface area contributed by atoms with E-state index in [1.807, 2.05) is 0 Å². The molecule has 0 saturated heterocycles. The molecule has 1 aromatic carbocycles. The fourth-order valence-corrected chi connectivity index (χ4v) is 1.89. The molecular formula is C13H18Cl2N2O. The van der Waals surface area contributed by atoms with Gasteiger partial charge in [-0.05, 0) is 31.0 Å². The van der Waals surface area contributed by atoms with E-state index in [-0.39, 0.29) is 12.5 Å². The van der Waals surface area contributed by atoms with Crippen LogP contribution in [0.4, 0.5) is 5.69 Å². The number of hydrogen-bond donors (Lipinski definition) is 2. The van der Waals surface area contributed by atoms with Crippen molar-refractivity contribution in [2.24, 2.45) is 5.92 Å². The summed E-state index contributed by atoms with van der Waals surface area (Å²) in [5.74, 6) is 0.479. The largest absolute Gasteiger partial charge is 0.322 e. The minimum Gasteiger partial charge on any atom is -0.322 e. The molecule has 0 spiro atoms. The lowest BCUT2D eigenvalue weighted by molar-refractivity contribution is -0.115. The van der Waals surface area contributed by atoms with Gasteiger partial charge in [0.2, 0.25) is 5.91 Å². The van der Waals surface area contributed by atoms with Crippen LogP contribution < -0.4 is 10.6 Å². The van der Waals surface area contributed by atoms with E-state index in [9.17, 15) is 4.79 Å². The number of halogens is 2. The molecule has 100 valence electrons. The van der Waals surface area contributed by atoms with Crippen molar-refractivity contribution in [1.29, 1.82) is 0 Å². The minimum absolute atomic E-state index is 0.145. The predicted octanol–water partition coefficient (Wildman–Crippen LogP) is 3.57. The summed E-state index contributed by atoms with van der Waals surface area (Å²) in [6.07, 6.45) is 1.04. The van der Waals surface area contributed by atoms with Gasteiger partial charge in [0.15, 0.2) is 0 Å². The molecule has 0 aliphatic rings. The summed E-state index contributed by atoms with van der Waals surface area (Å²) >= 11 is 11.9.